The van der Waals surface area contributed by atoms with Gasteiger partial charge >= 0.3 is 0 Å². The number of Topliss-reactive ketones (excluding diaryl/α,β-unsaturated/α-hetero) is 1. The molecule has 0 amide bonds. The molecule has 2 aliphatic rings. The van der Waals surface area contributed by atoms with Crippen molar-refractivity contribution in [1.29, 1.82) is 0 Å². The molecule has 132 valence electrons. The van der Waals surface area contributed by atoms with Crippen LogP contribution in [0, 0.1) is 6.92 Å². The molecule has 0 bridgehead atoms. The lowest BCUT2D eigenvalue weighted by molar-refractivity contribution is -0.117. The second-order valence-corrected chi connectivity index (χ2v) is 8.89. The predicted molar refractivity (Wildman–Crippen MR) is 102 cm³/mol. The fourth-order valence-corrected chi connectivity index (χ4v) is 5.08. The summed E-state index contributed by atoms with van der Waals surface area (Å²) in [5.41, 5.74) is 1.72. The van der Waals surface area contributed by atoms with Gasteiger partial charge < -0.3 is 4.90 Å². The molecule has 0 aromatic heterocycles. The number of sulfone groups is 1. The van der Waals surface area contributed by atoms with Gasteiger partial charge in [0.25, 0.3) is 0 Å². The van der Waals surface area contributed by atoms with Crippen LogP contribution in [0.4, 0.5) is 11.4 Å². The van der Waals surface area contributed by atoms with Gasteiger partial charge in [0.1, 0.15) is 10.4 Å². The zero-order chi connectivity index (χ0) is 18.7. The molecule has 0 spiro atoms. The number of fused-ring (bicyclic) bond motifs is 3. The number of benzene rings is 2. The third-order valence-corrected chi connectivity index (χ3v) is 6.67. The highest BCUT2D eigenvalue weighted by molar-refractivity contribution is 7.96. The Morgan fingerprint density at radius 2 is 1.65 bits per heavy atom. The molecule has 0 unspecified atom stereocenters. The fraction of sp³-hybridized carbons (Fsp3) is 0.200. The molecule has 0 radical (unpaired) electrons. The van der Waals surface area contributed by atoms with Crippen molar-refractivity contribution in [1.82, 2.24) is 0 Å². The van der Waals surface area contributed by atoms with Crippen LogP contribution in [0.2, 0.25) is 0 Å². The number of hydrogen-bond donors (Lipinski definition) is 0. The zero-order valence-corrected chi connectivity index (χ0v) is 15.5. The third-order valence-electron chi connectivity index (χ3n) is 4.84. The van der Waals surface area contributed by atoms with Gasteiger partial charge in [-0.2, -0.15) is 0 Å². The van der Waals surface area contributed by atoms with E-state index in [1.165, 1.54) is 18.3 Å². The van der Waals surface area contributed by atoms with Gasteiger partial charge in [0.15, 0.2) is 0 Å². The summed E-state index contributed by atoms with van der Waals surface area (Å²) in [6.07, 6.45) is 1.48. The quantitative estimate of drug-likeness (QED) is 0.815. The molecule has 6 heteroatoms. The largest absolute Gasteiger partial charge is 0.324 e. The van der Waals surface area contributed by atoms with Crippen molar-refractivity contribution < 1.29 is 13.2 Å². The number of carbonyl (C=O) groups is 1. The van der Waals surface area contributed by atoms with Gasteiger partial charge in [-0.05, 0) is 45.0 Å². The summed E-state index contributed by atoms with van der Waals surface area (Å²) >= 11 is 0. The topological polar surface area (TPSA) is 66.8 Å². The maximum Gasteiger partial charge on any atom is 0.212 e. The molecule has 0 saturated carbocycles. The van der Waals surface area contributed by atoms with Gasteiger partial charge in [-0.25, -0.2) is 8.42 Å². The van der Waals surface area contributed by atoms with Crippen LogP contribution in [0.3, 0.4) is 0 Å². The molecule has 0 atom stereocenters. The number of para-hydroxylation sites is 2. The Labute approximate surface area is 152 Å². The molecule has 2 aromatic rings. The van der Waals surface area contributed by atoms with Gasteiger partial charge in [0.2, 0.25) is 15.6 Å². The Bertz CT molecular complexity index is 1090. The van der Waals surface area contributed by atoms with Gasteiger partial charge in [-0.3, -0.25) is 9.79 Å². The highest BCUT2D eigenvalue weighted by Crippen LogP contribution is 2.46. The van der Waals surface area contributed by atoms with E-state index in [1.54, 1.807) is 30.9 Å². The Morgan fingerprint density at radius 3 is 2.35 bits per heavy atom. The van der Waals surface area contributed by atoms with Crippen molar-refractivity contribution in [2.45, 2.75) is 31.2 Å². The van der Waals surface area contributed by atoms with E-state index in [9.17, 15) is 13.2 Å². The van der Waals surface area contributed by atoms with Crippen LogP contribution in [0.5, 0.6) is 0 Å². The number of ketones is 1. The molecule has 0 N–H and O–H groups in total. The average molecular weight is 366 g/mol. The minimum atomic E-state index is -3.95. The van der Waals surface area contributed by atoms with Crippen LogP contribution in [-0.2, 0) is 14.6 Å². The van der Waals surface area contributed by atoms with Crippen molar-refractivity contribution in [2.75, 3.05) is 4.90 Å². The van der Waals surface area contributed by atoms with Crippen molar-refractivity contribution in [3.8, 4) is 0 Å². The molecule has 26 heavy (non-hydrogen) atoms. The van der Waals surface area contributed by atoms with Crippen molar-refractivity contribution in [3.05, 3.63) is 64.7 Å². The second kappa shape index (κ2) is 5.38. The average Bonchev–Trinajstić information content (AvgIpc) is 2.82. The molecular weight excluding hydrogens is 348 g/mol. The van der Waals surface area contributed by atoms with Crippen LogP contribution in [0.1, 0.15) is 19.4 Å². The molecule has 4 rings (SSSR count). The standard InChI is InChI=1S/C20H18N2O3S/c1-13-8-10-14(11-9-13)26(24,25)18-17-12-21-15-6-4-5-7-16(15)22(17)20(2,3)19(18)23/h4-12H,1-3H3. The molecule has 2 aromatic carbocycles. The van der Waals surface area contributed by atoms with Gasteiger partial charge in [-0.15, -0.1) is 0 Å². The van der Waals surface area contributed by atoms with E-state index in [-0.39, 0.29) is 9.80 Å². The number of carbonyl (C=O) groups excluding carboxylic acids is 1. The Hall–Kier alpha value is -2.73. The number of aryl methyl sites for hydroxylation is 1. The minimum Gasteiger partial charge on any atom is -0.324 e. The lowest BCUT2D eigenvalue weighted by atomic mass is 9.99. The molecule has 0 aliphatic carbocycles. The maximum atomic E-state index is 13.2. The van der Waals surface area contributed by atoms with Gasteiger partial charge in [0, 0.05) is 0 Å². The number of anilines is 1. The summed E-state index contributed by atoms with van der Waals surface area (Å²) < 4.78 is 26.5. The summed E-state index contributed by atoms with van der Waals surface area (Å²) in [4.78, 5) is 19.2. The fourth-order valence-electron chi connectivity index (χ4n) is 3.43. The molecule has 0 fully saturated rings. The van der Waals surface area contributed by atoms with Crippen LogP contribution >= 0.6 is 0 Å². The van der Waals surface area contributed by atoms with Crippen molar-refractivity contribution in [3.63, 3.8) is 0 Å². The lowest BCUT2D eigenvalue weighted by Crippen LogP contribution is -2.45. The second-order valence-electron chi connectivity index (χ2n) is 7.00. The van der Waals surface area contributed by atoms with Crippen LogP contribution in [-0.4, -0.2) is 26.0 Å². The Morgan fingerprint density at radius 1 is 1.00 bits per heavy atom. The van der Waals surface area contributed by atoms with Crippen molar-refractivity contribution in [2.24, 2.45) is 4.99 Å². The Kier molecular flexibility index (Phi) is 3.46. The SMILES string of the molecule is Cc1ccc(S(=O)(=O)C2=C3C=Nc4ccccc4N3C(C)(C)C2=O)cc1. The first-order valence-corrected chi connectivity index (χ1v) is 9.77. The molecule has 5 nitrogen and oxygen atoms in total. The first-order chi connectivity index (χ1) is 12.2. The first kappa shape index (κ1) is 16.7. The van der Waals surface area contributed by atoms with Crippen molar-refractivity contribution >= 4 is 33.2 Å². The minimum absolute atomic E-state index is 0.115. The number of aliphatic imine (C=N–C) groups is 1. The van der Waals surface area contributed by atoms with E-state index >= 15 is 0 Å². The van der Waals surface area contributed by atoms with Crippen LogP contribution in [0.15, 0.2) is 69.0 Å². The molecule has 0 saturated heterocycles. The van der Waals surface area contributed by atoms with E-state index in [0.717, 1.165) is 11.3 Å². The summed E-state index contributed by atoms with van der Waals surface area (Å²) in [6, 6.07) is 13.9. The van der Waals surface area contributed by atoms with E-state index in [1.807, 2.05) is 31.2 Å². The predicted octanol–water partition coefficient (Wildman–Crippen LogP) is 3.56. The van der Waals surface area contributed by atoms with Gasteiger partial charge in [0.05, 0.1) is 28.2 Å². The van der Waals surface area contributed by atoms with Crippen LogP contribution in [0.25, 0.3) is 0 Å². The number of hydrogen-bond acceptors (Lipinski definition) is 5. The summed E-state index contributed by atoms with van der Waals surface area (Å²) in [5, 5.41) is 0. The number of rotatable bonds is 2. The normalized spacial score (nSPS) is 18.1. The monoisotopic (exact) mass is 366 g/mol. The summed E-state index contributed by atoms with van der Waals surface area (Å²) in [5.74, 6) is -0.420. The molecule has 2 heterocycles. The highest BCUT2D eigenvalue weighted by Gasteiger charge is 2.52. The third kappa shape index (κ3) is 2.18. The number of allylic oxidation sites excluding steroid dienone is 1. The Balaban J connectivity index is 1.97. The lowest BCUT2D eigenvalue weighted by Gasteiger charge is -2.35. The number of nitrogens with zero attached hydrogens (tertiary/aromatic N) is 2. The first-order valence-electron chi connectivity index (χ1n) is 8.29. The summed E-state index contributed by atoms with van der Waals surface area (Å²) in [6.45, 7) is 5.36. The van der Waals surface area contributed by atoms with E-state index in [0.29, 0.717) is 11.4 Å². The van der Waals surface area contributed by atoms with Gasteiger partial charge in [-0.1, -0.05) is 29.8 Å². The highest BCUT2D eigenvalue weighted by atomic mass is 32.2. The molecular formula is C20H18N2O3S. The molecule has 2 aliphatic heterocycles. The zero-order valence-electron chi connectivity index (χ0n) is 14.7. The maximum absolute atomic E-state index is 13.2. The van der Waals surface area contributed by atoms with E-state index in [4.69, 9.17) is 0 Å². The summed E-state index contributed by atoms with van der Waals surface area (Å²) in [7, 11) is -3.95. The smallest absolute Gasteiger partial charge is 0.212 e. The van der Waals surface area contributed by atoms with E-state index in [2.05, 4.69) is 4.99 Å². The van der Waals surface area contributed by atoms with Crippen LogP contribution < -0.4 is 4.90 Å². The van der Waals surface area contributed by atoms with E-state index < -0.39 is 21.2 Å².